The van der Waals surface area contributed by atoms with Gasteiger partial charge in [-0.1, -0.05) is 24.6 Å². The Hall–Kier alpha value is -1.64. The zero-order valence-electron chi connectivity index (χ0n) is 13.9. The van der Waals surface area contributed by atoms with Crippen LogP contribution in [0.3, 0.4) is 0 Å². The molecule has 0 aromatic heterocycles. The molecule has 0 spiro atoms. The predicted octanol–water partition coefficient (Wildman–Crippen LogP) is 3.96. The van der Waals surface area contributed by atoms with Crippen LogP contribution in [0.25, 0.3) is 0 Å². The number of amides is 1. The van der Waals surface area contributed by atoms with Crippen molar-refractivity contribution in [3.8, 4) is 0 Å². The first kappa shape index (κ1) is 16.7. The molecule has 1 aromatic rings. The van der Waals surface area contributed by atoms with Crippen LogP contribution in [0.5, 0.6) is 0 Å². The largest absolute Gasteiger partial charge is 0.353 e. The molecule has 120 valence electrons. The first-order chi connectivity index (χ1) is 10.5. The summed E-state index contributed by atoms with van der Waals surface area (Å²) in [6.07, 6.45) is 5.09. The molecule has 0 radical (unpaired) electrons. The molecular formula is C19H27NO2. The highest BCUT2D eigenvalue weighted by Crippen LogP contribution is 2.23. The van der Waals surface area contributed by atoms with Gasteiger partial charge in [0.25, 0.3) is 0 Å². The molecule has 1 aliphatic rings. The second kappa shape index (κ2) is 7.57. The highest BCUT2D eigenvalue weighted by atomic mass is 16.2. The first-order valence-corrected chi connectivity index (χ1v) is 8.35. The normalized spacial score (nSPS) is 21.4. The monoisotopic (exact) mass is 301 g/mol. The topological polar surface area (TPSA) is 46.2 Å². The SMILES string of the molecule is Cc1ccc(C)c(C(=O)CCC(=O)NC2CCC(C)CC2)c1. The van der Waals surface area contributed by atoms with Gasteiger partial charge in [-0.15, -0.1) is 0 Å². The summed E-state index contributed by atoms with van der Waals surface area (Å²) in [7, 11) is 0. The van der Waals surface area contributed by atoms with E-state index in [9.17, 15) is 9.59 Å². The summed E-state index contributed by atoms with van der Waals surface area (Å²) >= 11 is 0. The fourth-order valence-corrected chi connectivity index (χ4v) is 3.10. The Bertz CT molecular complexity index is 542. The maximum Gasteiger partial charge on any atom is 0.220 e. The smallest absolute Gasteiger partial charge is 0.220 e. The number of hydrogen-bond acceptors (Lipinski definition) is 2. The molecule has 0 atom stereocenters. The summed E-state index contributed by atoms with van der Waals surface area (Å²) in [5.74, 6) is 0.853. The number of carbonyl (C=O) groups excluding carboxylic acids is 2. The molecule has 0 bridgehead atoms. The van der Waals surface area contributed by atoms with E-state index in [0.29, 0.717) is 12.5 Å². The Morgan fingerprint density at radius 2 is 1.77 bits per heavy atom. The van der Waals surface area contributed by atoms with Gasteiger partial charge in [0.15, 0.2) is 5.78 Å². The van der Waals surface area contributed by atoms with Crippen molar-refractivity contribution in [2.24, 2.45) is 5.92 Å². The number of carbonyl (C=O) groups is 2. The van der Waals surface area contributed by atoms with E-state index < -0.39 is 0 Å². The van der Waals surface area contributed by atoms with Crippen molar-refractivity contribution < 1.29 is 9.59 Å². The van der Waals surface area contributed by atoms with Gasteiger partial charge in [0.1, 0.15) is 0 Å². The van der Waals surface area contributed by atoms with Crippen molar-refractivity contribution in [3.63, 3.8) is 0 Å². The Morgan fingerprint density at radius 1 is 1.09 bits per heavy atom. The Balaban J connectivity index is 1.80. The van der Waals surface area contributed by atoms with E-state index in [1.165, 1.54) is 12.8 Å². The molecule has 1 amide bonds. The van der Waals surface area contributed by atoms with Gasteiger partial charge >= 0.3 is 0 Å². The number of ketones is 1. The first-order valence-electron chi connectivity index (χ1n) is 8.35. The van der Waals surface area contributed by atoms with E-state index in [1.54, 1.807) is 0 Å². The fraction of sp³-hybridized carbons (Fsp3) is 0.579. The lowest BCUT2D eigenvalue weighted by molar-refractivity contribution is -0.122. The molecule has 22 heavy (non-hydrogen) atoms. The fourth-order valence-electron chi connectivity index (χ4n) is 3.10. The third kappa shape index (κ3) is 4.69. The van der Waals surface area contributed by atoms with Crippen LogP contribution < -0.4 is 5.32 Å². The molecule has 1 saturated carbocycles. The number of nitrogens with one attached hydrogen (secondary N) is 1. The quantitative estimate of drug-likeness (QED) is 0.837. The van der Waals surface area contributed by atoms with Crippen molar-refractivity contribution in [1.82, 2.24) is 5.32 Å². The minimum atomic E-state index is 0.0122. The van der Waals surface area contributed by atoms with Gasteiger partial charge in [0.05, 0.1) is 0 Å². The van der Waals surface area contributed by atoms with E-state index >= 15 is 0 Å². The average molecular weight is 301 g/mol. The molecular weight excluding hydrogens is 274 g/mol. The van der Waals surface area contributed by atoms with Gasteiger partial charge in [0, 0.05) is 24.4 Å². The van der Waals surface area contributed by atoms with E-state index in [-0.39, 0.29) is 18.1 Å². The van der Waals surface area contributed by atoms with Crippen LogP contribution in [-0.4, -0.2) is 17.7 Å². The lowest BCUT2D eigenvalue weighted by atomic mass is 9.87. The molecule has 1 N–H and O–H groups in total. The Labute approximate surface area is 133 Å². The molecule has 1 aromatic carbocycles. The number of rotatable bonds is 5. The second-order valence-electron chi connectivity index (χ2n) is 6.77. The average Bonchev–Trinajstić information content (AvgIpc) is 2.49. The third-order valence-corrected chi connectivity index (χ3v) is 4.65. The van der Waals surface area contributed by atoms with Gasteiger partial charge in [-0.2, -0.15) is 0 Å². The van der Waals surface area contributed by atoms with Crippen LogP contribution in [0, 0.1) is 19.8 Å². The minimum absolute atomic E-state index is 0.0122. The van der Waals surface area contributed by atoms with E-state index in [1.807, 2.05) is 32.0 Å². The summed E-state index contributed by atoms with van der Waals surface area (Å²) in [6.45, 7) is 6.18. The van der Waals surface area contributed by atoms with Crippen molar-refractivity contribution in [1.29, 1.82) is 0 Å². The number of aryl methyl sites for hydroxylation is 2. The van der Waals surface area contributed by atoms with Gasteiger partial charge in [-0.25, -0.2) is 0 Å². The zero-order valence-corrected chi connectivity index (χ0v) is 13.9. The lowest BCUT2D eigenvalue weighted by Crippen LogP contribution is -2.37. The minimum Gasteiger partial charge on any atom is -0.353 e. The lowest BCUT2D eigenvalue weighted by Gasteiger charge is -2.26. The van der Waals surface area contributed by atoms with Crippen LogP contribution >= 0.6 is 0 Å². The molecule has 2 rings (SSSR count). The highest BCUT2D eigenvalue weighted by Gasteiger charge is 2.20. The van der Waals surface area contributed by atoms with E-state index in [2.05, 4.69) is 12.2 Å². The van der Waals surface area contributed by atoms with Crippen LogP contribution in [0.4, 0.5) is 0 Å². The van der Waals surface area contributed by atoms with Gasteiger partial charge < -0.3 is 5.32 Å². The van der Waals surface area contributed by atoms with Crippen molar-refractivity contribution in [2.75, 3.05) is 0 Å². The van der Waals surface area contributed by atoms with E-state index in [0.717, 1.165) is 35.4 Å². The standard InChI is InChI=1S/C19H27NO2/c1-13-5-8-16(9-6-13)20-19(22)11-10-18(21)17-12-14(2)4-7-15(17)3/h4,7,12-13,16H,5-6,8-11H2,1-3H3,(H,20,22). The molecule has 0 aliphatic heterocycles. The number of hydrogen-bond donors (Lipinski definition) is 1. The maximum atomic E-state index is 12.3. The second-order valence-corrected chi connectivity index (χ2v) is 6.77. The van der Waals surface area contributed by atoms with E-state index in [4.69, 9.17) is 0 Å². The van der Waals surface area contributed by atoms with Crippen LogP contribution in [0.2, 0.25) is 0 Å². The molecule has 0 saturated heterocycles. The predicted molar refractivity (Wildman–Crippen MR) is 89.0 cm³/mol. The van der Waals surface area contributed by atoms with Crippen molar-refractivity contribution in [3.05, 3.63) is 34.9 Å². The number of benzene rings is 1. The Kier molecular flexibility index (Phi) is 5.76. The molecule has 0 unspecified atom stereocenters. The van der Waals surface area contributed by atoms with Crippen LogP contribution in [-0.2, 0) is 4.79 Å². The van der Waals surface area contributed by atoms with Gasteiger partial charge in [-0.3, -0.25) is 9.59 Å². The van der Waals surface area contributed by atoms with Crippen LogP contribution in [0.15, 0.2) is 18.2 Å². The zero-order chi connectivity index (χ0) is 16.1. The maximum absolute atomic E-state index is 12.3. The summed E-state index contributed by atoms with van der Waals surface area (Å²) in [5, 5.41) is 3.08. The molecule has 3 nitrogen and oxygen atoms in total. The molecule has 3 heteroatoms. The van der Waals surface area contributed by atoms with Gasteiger partial charge in [-0.05, 0) is 57.1 Å². The number of Topliss-reactive ketones (excluding diaryl/α,β-unsaturated/α-hetero) is 1. The Morgan fingerprint density at radius 3 is 2.45 bits per heavy atom. The summed E-state index contributed by atoms with van der Waals surface area (Å²) in [5.41, 5.74) is 2.81. The molecule has 1 aliphatic carbocycles. The summed E-state index contributed by atoms with van der Waals surface area (Å²) in [4.78, 5) is 24.3. The highest BCUT2D eigenvalue weighted by molar-refractivity contribution is 5.99. The third-order valence-electron chi connectivity index (χ3n) is 4.65. The summed E-state index contributed by atoms with van der Waals surface area (Å²) < 4.78 is 0. The molecule has 0 heterocycles. The van der Waals surface area contributed by atoms with Crippen molar-refractivity contribution >= 4 is 11.7 Å². The van der Waals surface area contributed by atoms with Crippen LogP contribution in [0.1, 0.15) is 66.9 Å². The molecule has 1 fully saturated rings. The van der Waals surface area contributed by atoms with Gasteiger partial charge in [0.2, 0.25) is 5.91 Å². The summed E-state index contributed by atoms with van der Waals surface area (Å²) in [6, 6.07) is 6.19. The van der Waals surface area contributed by atoms with Crippen molar-refractivity contribution in [2.45, 2.75) is 65.3 Å².